The number of aliphatic hydroxyl groups is 1. The van der Waals surface area contributed by atoms with Crippen molar-refractivity contribution >= 4 is 34.4 Å². The number of amides is 1. The summed E-state index contributed by atoms with van der Waals surface area (Å²) in [5.74, 6) is 1.12. The number of ether oxygens (including phenoxy) is 1. The summed E-state index contributed by atoms with van der Waals surface area (Å²) in [5.41, 5.74) is 3.88. The lowest BCUT2D eigenvalue weighted by molar-refractivity contribution is -0.111. The molecule has 0 aliphatic heterocycles. The lowest BCUT2D eigenvalue weighted by Gasteiger charge is -2.26. The molecule has 3 heterocycles. The van der Waals surface area contributed by atoms with Crippen LogP contribution in [0.5, 0.6) is 5.75 Å². The number of rotatable bonds is 11. The summed E-state index contributed by atoms with van der Waals surface area (Å²) >= 11 is 0. The maximum Gasteiger partial charge on any atom is 0.247 e. The standard InChI is InChI=1S/C27H32N8O3/c1-6-25(37)29-19-15-20(24(38-5)16-23(19)34(4)14-13-33(2)3)32-27-28-11-10-18(31-27)26-30-21(17-36)22-9-7-8-12-35(22)26/h6-12,15-16,36H,1,13-14,17H2,2-5H3,(H,29,37)(H,28,31,32). The van der Waals surface area contributed by atoms with E-state index in [0.29, 0.717) is 40.3 Å². The van der Waals surface area contributed by atoms with E-state index >= 15 is 0 Å². The molecule has 198 valence electrons. The predicted octanol–water partition coefficient (Wildman–Crippen LogP) is 3.16. The van der Waals surface area contributed by atoms with Crippen molar-refractivity contribution in [3.8, 4) is 17.3 Å². The van der Waals surface area contributed by atoms with E-state index in [1.807, 2.05) is 60.9 Å². The molecule has 0 aliphatic carbocycles. The zero-order valence-electron chi connectivity index (χ0n) is 22.0. The number of hydrogen-bond donors (Lipinski definition) is 3. The topological polar surface area (TPSA) is 120 Å². The Bertz CT molecular complexity index is 1450. The number of fused-ring (bicyclic) bond motifs is 1. The molecular formula is C27H32N8O3. The van der Waals surface area contributed by atoms with Crippen LogP contribution < -0.4 is 20.3 Å². The summed E-state index contributed by atoms with van der Waals surface area (Å²) in [6.45, 7) is 4.94. The summed E-state index contributed by atoms with van der Waals surface area (Å²) in [4.78, 5) is 30.0. The van der Waals surface area contributed by atoms with Gasteiger partial charge in [0.05, 0.1) is 42.0 Å². The third-order valence-corrected chi connectivity index (χ3v) is 5.96. The number of likely N-dealkylation sites (N-methyl/N-ethyl adjacent to an activating group) is 2. The SMILES string of the molecule is C=CC(=O)Nc1cc(Nc2nccc(-c3nc(CO)c4ccccn34)n2)c(OC)cc1N(C)CCN(C)C. The number of benzene rings is 1. The van der Waals surface area contributed by atoms with Gasteiger partial charge in [-0.15, -0.1) is 0 Å². The smallest absolute Gasteiger partial charge is 0.247 e. The van der Waals surface area contributed by atoms with Crippen LogP contribution in [0.4, 0.5) is 23.0 Å². The molecular weight excluding hydrogens is 484 g/mol. The first kappa shape index (κ1) is 26.6. The number of imidazole rings is 1. The Hall–Kier alpha value is -4.48. The van der Waals surface area contributed by atoms with Gasteiger partial charge >= 0.3 is 0 Å². The zero-order chi connectivity index (χ0) is 27.2. The number of hydrogen-bond acceptors (Lipinski definition) is 9. The molecule has 0 aliphatic rings. The molecule has 0 saturated heterocycles. The van der Waals surface area contributed by atoms with Crippen LogP contribution in [0.15, 0.2) is 61.4 Å². The number of carbonyl (C=O) groups excluding carboxylic acids is 1. The number of carbonyl (C=O) groups is 1. The second-order valence-corrected chi connectivity index (χ2v) is 8.87. The summed E-state index contributed by atoms with van der Waals surface area (Å²) < 4.78 is 7.55. The monoisotopic (exact) mass is 516 g/mol. The molecule has 0 fully saturated rings. The van der Waals surface area contributed by atoms with Gasteiger partial charge in [-0.1, -0.05) is 12.6 Å². The Morgan fingerprint density at radius 3 is 2.68 bits per heavy atom. The van der Waals surface area contributed by atoms with E-state index in [2.05, 4.69) is 37.1 Å². The Kier molecular flexibility index (Phi) is 8.19. The molecule has 0 unspecified atom stereocenters. The van der Waals surface area contributed by atoms with E-state index in [1.54, 1.807) is 25.4 Å². The van der Waals surface area contributed by atoms with Crippen molar-refractivity contribution in [2.24, 2.45) is 0 Å². The number of aromatic nitrogens is 4. The van der Waals surface area contributed by atoms with Gasteiger partial charge in [0.15, 0.2) is 5.82 Å². The molecule has 0 atom stereocenters. The van der Waals surface area contributed by atoms with E-state index in [0.717, 1.165) is 24.3 Å². The van der Waals surface area contributed by atoms with Gasteiger partial charge in [0.1, 0.15) is 11.4 Å². The van der Waals surface area contributed by atoms with Crippen molar-refractivity contribution in [2.45, 2.75) is 6.61 Å². The van der Waals surface area contributed by atoms with Crippen LogP contribution in [0.1, 0.15) is 5.69 Å². The summed E-state index contributed by atoms with van der Waals surface area (Å²) in [5, 5.41) is 15.9. The molecule has 3 aromatic heterocycles. The fourth-order valence-corrected chi connectivity index (χ4v) is 3.97. The number of aliphatic hydroxyl groups excluding tert-OH is 1. The minimum Gasteiger partial charge on any atom is -0.494 e. The van der Waals surface area contributed by atoms with E-state index in [-0.39, 0.29) is 12.5 Å². The molecule has 38 heavy (non-hydrogen) atoms. The molecule has 4 aromatic rings. The fraction of sp³-hybridized carbons (Fsp3) is 0.259. The zero-order valence-corrected chi connectivity index (χ0v) is 22.0. The van der Waals surface area contributed by atoms with Crippen LogP contribution in [0, 0.1) is 0 Å². The van der Waals surface area contributed by atoms with Gasteiger partial charge in [-0.05, 0) is 44.4 Å². The Morgan fingerprint density at radius 1 is 1.16 bits per heavy atom. The van der Waals surface area contributed by atoms with Crippen LogP contribution in [0.25, 0.3) is 17.0 Å². The Labute approximate surface area is 221 Å². The summed E-state index contributed by atoms with van der Waals surface area (Å²) in [7, 11) is 7.55. The molecule has 11 heteroatoms. The van der Waals surface area contributed by atoms with Gasteiger partial charge < -0.3 is 30.3 Å². The van der Waals surface area contributed by atoms with Crippen LogP contribution in [-0.2, 0) is 11.4 Å². The van der Waals surface area contributed by atoms with Gasteiger partial charge in [0.2, 0.25) is 11.9 Å². The largest absolute Gasteiger partial charge is 0.494 e. The van der Waals surface area contributed by atoms with E-state index < -0.39 is 0 Å². The maximum absolute atomic E-state index is 12.2. The number of nitrogens with one attached hydrogen (secondary N) is 2. The highest BCUT2D eigenvalue weighted by Crippen LogP contribution is 2.38. The Balaban J connectivity index is 1.71. The normalized spacial score (nSPS) is 11.0. The molecule has 0 bridgehead atoms. The van der Waals surface area contributed by atoms with Crippen LogP contribution in [0.3, 0.4) is 0 Å². The van der Waals surface area contributed by atoms with Crippen molar-refractivity contribution in [3.63, 3.8) is 0 Å². The van der Waals surface area contributed by atoms with Gasteiger partial charge in [-0.25, -0.2) is 15.0 Å². The maximum atomic E-state index is 12.2. The van der Waals surface area contributed by atoms with Crippen LogP contribution in [0.2, 0.25) is 0 Å². The first-order valence-electron chi connectivity index (χ1n) is 12.0. The second kappa shape index (κ2) is 11.7. The van der Waals surface area contributed by atoms with Gasteiger partial charge in [0.25, 0.3) is 0 Å². The van der Waals surface area contributed by atoms with Crippen molar-refractivity contribution in [1.29, 1.82) is 0 Å². The third kappa shape index (κ3) is 5.74. The van der Waals surface area contributed by atoms with E-state index in [4.69, 9.17) is 4.74 Å². The highest BCUT2D eigenvalue weighted by Gasteiger charge is 2.18. The van der Waals surface area contributed by atoms with E-state index in [1.165, 1.54) is 6.08 Å². The highest BCUT2D eigenvalue weighted by atomic mass is 16.5. The second-order valence-electron chi connectivity index (χ2n) is 8.87. The third-order valence-electron chi connectivity index (χ3n) is 5.96. The van der Waals surface area contributed by atoms with Crippen LogP contribution in [-0.4, -0.2) is 76.6 Å². The van der Waals surface area contributed by atoms with Crippen molar-refractivity contribution in [3.05, 3.63) is 67.1 Å². The number of methoxy groups -OCH3 is 1. The molecule has 0 radical (unpaired) electrons. The van der Waals surface area contributed by atoms with Gasteiger partial charge in [-0.3, -0.25) is 9.20 Å². The molecule has 0 saturated carbocycles. The van der Waals surface area contributed by atoms with Crippen molar-refractivity contribution < 1.29 is 14.6 Å². The molecule has 0 spiro atoms. The number of nitrogens with zero attached hydrogens (tertiary/aromatic N) is 6. The molecule has 1 amide bonds. The average molecular weight is 517 g/mol. The fourth-order valence-electron chi connectivity index (χ4n) is 3.97. The molecule has 1 aromatic carbocycles. The first-order chi connectivity index (χ1) is 18.3. The minimum atomic E-state index is -0.326. The minimum absolute atomic E-state index is 0.185. The average Bonchev–Trinajstić information content (AvgIpc) is 3.31. The quantitative estimate of drug-likeness (QED) is 0.258. The summed E-state index contributed by atoms with van der Waals surface area (Å²) in [6.07, 6.45) is 4.72. The molecule has 4 rings (SSSR count). The van der Waals surface area contributed by atoms with Crippen molar-refractivity contribution in [1.82, 2.24) is 24.3 Å². The van der Waals surface area contributed by atoms with Gasteiger partial charge in [0, 0.05) is 38.6 Å². The highest BCUT2D eigenvalue weighted by molar-refractivity contribution is 6.02. The lowest BCUT2D eigenvalue weighted by atomic mass is 10.2. The lowest BCUT2D eigenvalue weighted by Crippen LogP contribution is -2.29. The number of pyridine rings is 1. The molecule has 3 N–H and O–H groups in total. The van der Waals surface area contributed by atoms with Crippen LogP contribution >= 0.6 is 0 Å². The first-order valence-corrected chi connectivity index (χ1v) is 12.0. The summed E-state index contributed by atoms with van der Waals surface area (Å²) in [6, 6.07) is 11.1. The number of anilines is 4. The van der Waals surface area contributed by atoms with Gasteiger partial charge in [-0.2, -0.15) is 0 Å². The Morgan fingerprint density at radius 2 is 1.97 bits per heavy atom. The van der Waals surface area contributed by atoms with E-state index in [9.17, 15) is 9.90 Å². The predicted molar refractivity (Wildman–Crippen MR) is 149 cm³/mol. The van der Waals surface area contributed by atoms with Crippen molar-refractivity contribution in [2.75, 3.05) is 56.9 Å². The molecule has 11 nitrogen and oxygen atoms in total.